The molecule has 2 aromatic heterocycles. The van der Waals surface area contributed by atoms with Crippen LogP contribution in [0, 0.1) is 13.8 Å². The van der Waals surface area contributed by atoms with Crippen LogP contribution in [0.25, 0.3) is 11.4 Å². The van der Waals surface area contributed by atoms with Gasteiger partial charge in [-0.1, -0.05) is 34.5 Å². The van der Waals surface area contributed by atoms with Gasteiger partial charge in [-0.15, -0.1) is 5.10 Å². The number of hydrogen-bond acceptors (Lipinski definition) is 3. The second-order valence-corrected chi connectivity index (χ2v) is 5.48. The van der Waals surface area contributed by atoms with Crippen molar-refractivity contribution >= 4 is 6.21 Å². The van der Waals surface area contributed by atoms with Gasteiger partial charge >= 0.3 is 0 Å². The highest BCUT2D eigenvalue weighted by Gasteiger charge is 2.12. The second kappa shape index (κ2) is 5.97. The zero-order chi connectivity index (χ0) is 15.5. The standard InChI is InChI=1S/C17H19N5/c1-12-7-13(2)9-14(8-12)11-22-6-4-5-16(22)17-15(10-18-3)19-21-20-17/h4-10H,11H2,1-3H3,(H,19,20,21)/b18-10+. The quantitative estimate of drug-likeness (QED) is 0.752. The Balaban J connectivity index is 1.97. The van der Waals surface area contributed by atoms with Crippen LogP contribution in [0.5, 0.6) is 0 Å². The van der Waals surface area contributed by atoms with Crippen molar-refractivity contribution in [2.24, 2.45) is 4.99 Å². The fourth-order valence-corrected chi connectivity index (χ4v) is 2.77. The summed E-state index contributed by atoms with van der Waals surface area (Å²) >= 11 is 0. The van der Waals surface area contributed by atoms with Crippen LogP contribution in [-0.4, -0.2) is 33.2 Å². The predicted molar refractivity (Wildman–Crippen MR) is 88.3 cm³/mol. The molecule has 0 bridgehead atoms. The van der Waals surface area contributed by atoms with Crippen molar-refractivity contribution in [1.82, 2.24) is 20.0 Å². The monoisotopic (exact) mass is 293 g/mol. The van der Waals surface area contributed by atoms with Crippen LogP contribution in [0.3, 0.4) is 0 Å². The Bertz CT molecular complexity index is 790. The summed E-state index contributed by atoms with van der Waals surface area (Å²) in [6, 6.07) is 10.7. The Hall–Kier alpha value is -2.69. The van der Waals surface area contributed by atoms with Crippen molar-refractivity contribution in [3.05, 3.63) is 58.9 Å². The van der Waals surface area contributed by atoms with E-state index in [1.165, 1.54) is 16.7 Å². The van der Waals surface area contributed by atoms with Gasteiger partial charge in [-0.05, 0) is 31.5 Å². The molecule has 112 valence electrons. The van der Waals surface area contributed by atoms with E-state index in [1.807, 2.05) is 12.1 Å². The number of nitrogens with zero attached hydrogens (tertiary/aromatic N) is 4. The first-order valence-corrected chi connectivity index (χ1v) is 7.23. The number of nitrogens with one attached hydrogen (secondary N) is 1. The van der Waals surface area contributed by atoms with Crippen molar-refractivity contribution in [3.8, 4) is 11.4 Å². The van der Waals surface area contributed by atoms with Gasteiger partial charge in [0.1, 0.15) is 11.4 Å². The molecule has 0 spiro atoms. The third-order valence-electron chi connectivity index (χ3n) is 3.54. The molecule has 0 unspecified atom stereocenters. The Kier molecular flexibility index (Phi) is 3.87. The van der Waals surface area contributed by atoms with Crippen LogP contribution >= 0.6 is 0 Å². The van der Waals surface area contributed by atoms with Gasteiger partial charge in [0.2, 0.25) is 0 Å². The molecule has 0 amide bonds. The number of rotatable bonds is 4. The highest BCUT2D eigenvalue weighted by Crippen LogP contribution is 2.21. The molecule has 0 saturated heterocycles. The predicted octanol–water partition coefficient (Wildman–Crippen LogP) is 2.99. The highest BCUT2D eigenvalue weighted by molar-refractivity contribution is 5.85. The first kappa shape index (κ1) is 14.3. The van der Waals surface area contributed by atoms with E-state index in [2.05, 4.69) is 63.2 Å². The molecule has 5 heteroatoms. The maximum atomic E-state index is 4.20. The SMILES string of the molecule is C/N=C/c1[nH]nnc1-c1cccn1Cc1cc(C)cc(C)c1. The minimum Gasteiger partial charge on any atom is -0.342 e. The average Bonchev–Trinajstić information content (AvgIpc) is 3.07. The van der Waals surface area contributed by atoms with Crippen molar-refractivity contribution in [3.63, 3.8) is 0 Å². The van der Waals surface area contributed by atoms with E-state index >= 15 is 0 Å². The molecule has 0 aliphatic carbocycles. The summed E-state index contributed by atoms with van der Waals surface area (Å²) in [6.45, 7) is 5.06. The van der Waals surface area contributed by atoms with Crippen LogP contribution in [0.4, 0.5) is 0 Å². The topological polar surface area (TPSA) is 58.9 Å². The first-order valence-electron chi connectivity index (χ1n) is 7.23. The van der Waals surface area contributed by atoms with E-state index < -0.39 is 0 Å². The Labute approximate surface area is 129 Å². The molecular formula is C17H19N5. The smallest absolute Gasteiger partial charge is 0.138 e. The van der Waals surface area contributed by atoms with E-state index in [4.69, 9.17) is 0 Å². The molecule has 0 atom stereocenters. The van der Waals surface area contributed by atoms with Gasteiger partial charge < -0.3 is 4.57 Å². The van der Waals surface area contributed by atoms with Crippen LogP contribution in [-0.2, 0) is 6.54 Å². The molecule has 22 heavy (non-hydrogen) atoms. The Morgan fingerprint density at radius 3 is 2.73 bits per heavy atom. The van der Waals surface area contributed by atoms with Gasteiger partial charge in [0.05, 0.1) is 5.69 Å². The molecule has 0 saturated carbocycles. The van der Waals surface area contributed by atoms with Gasteiger partial charge in [0.15, 0.2) is 0 Å². The summed E-state index contributed by atoms with van der Waals surface area (Å²) < 4.78 is 2.18. The molecule has 1 aromatic carbocycles. The van der Waals surface area contributed by atoms with E-state index in [-0.39, 0.29) is 0 Å². The number of aromatic amines is 1. The number of H-pyrrole nitrogens is 1. The molecule has 0 fully saturated rings. The zero-order valence-corrected chi connectivity index (χ0v) is 13.0. The van der Waals surface area contributed by atoms with Gasteiger partial charge in [-0.25, -0.2) is 0 Å². The zero-order valence-electron chi connectivity index (χ0n) is 13.0. The van der Waals surface area contributed by atoms with Gasteiger partial charge in [-0.2, -0.15) is 0 Å². The van der Waals surface area contributed by atoms with E-state index in [1.54, 1.807) is 13.3 Å². The van der Waals surface area contributed by atoms with E-state index in [0.29, 0.717) is 0 Å². The lowest BCUT2D eigenvalue weighted by molar-refractivity contribution is 0.808. The van der Waals surface area contributed by atoms with E-state index in [0.717, 1.165) is 23.6 Å². The summed E-state index contributed by atoms with van der Waals surface area (Å²) in [7, 11) is 1.74. The van der Waals surface area contributed by atoms with Gasteiger partial charge in [0.25, 0.3) is 0 Å². The number of aliphatic imine (C=N–C) groups is 1. The maximum absolute atomic E-state index is 4.20. The summed E-state index contributed by atoms with van der Waals surface area (Å²) in [6.07, 6.45) is 3.80. The van der Waals surface area contributed by atoms with Crippen LogP contribution in [0.2, 0.25) is 0 Å². The fraction of sp³-hybridized carbons (Fsp3) is 0.235. The summed E-state index contributed by atoms with van der Waals surface area (Å²) in [5.74, 6) is 0. The third kappa shape index (κ3) is 2.83. The number of aromatic nitrogens is 4. The molecule has 0 aliphatic rings. The minimum atomic E-state index is 0.806. The van der Waals surface area contributed by atoms with Crippen LogP contribution < -0.4 is 0 Å². The first-order chi connectivity index (χ1) is 10.7. The maximum Gasteiger partial charge on any atom is 0.138 e. The molecule has 3 aromatic rings. The number of aryl methyl sites for hydroxylation is 2. The highest BCUT2D eigenvalue weighted by atomic mass is 15.3. The largest absolute Gasteiger partial charge is 0.342 e. The van der Waals surface area contributed by atoms with Gasteiger partial charge in [-0.3, -0.25) is 10.1 Å². The number of hydrogen-bond donors (Lipinski definition) is 1. The molecule has 1 N–H and O–H groups in total. The molecule has 5 nitrogen and oxygen atoms in total. The minimum absolute atomic E-state index is 0.806. The van der Waals surface area contributed by atoms with Crippen molar-refractivity contribution < 1.29 is 0 Å². The summed E-state index contributed by atoms with van der Waals surface area (Å²) in [5.41, 5.74) is 6.52. The van der Waals surface area contributed by atoms with Crippen LogP contribution in [0.1, 0.15) is 22.4 Å². The van der Waals surface area contributed by atoms with Crippen molar-refractivity contribution in [2.75, 3.05) is 7.05 Å². The fourth-order valence-electron chi connectivity index (χ4n) is 2.77. The molecule has 0 aliphatic heterocycles. The Morgan fingerprint density at radius 1 is 1.23 bits per heavy atom. The van der Waals surface area contributed by atoms with Crippen molar-refractivity contribution in [2.45, 2.75) is 20.4 Å². The Morgan fingerprint density at radius 2 is 2.00 bits per heavy atom. The average molecular weight is 293 g/mol. The normalized spacial score (nSPS) is 11.4. The van der Waals surface area contributed by atoms with Gasteiger partial charge in [0, 0.05) is 26.0 Å². The van der Waals surface area contributed by atoms with E-state index in [9.17, 15) is 0 Å². The summed E-state index contributed by atoms with van der Waals surface area (Å²) in [5, 5.41) is 11.0. The van der Waals surface area contributed by atoms with Crippen LogP contribution in [0.15, 0.2) is 41.5 Å². The number of benzene rings is 1. The lowest BCUT2D eigenvalue weighted by atomic mass is 10.1. The molecule has 0 radical (unpaired) electrons. The molecule has 2 heterocycles. The molecular weight excluding hydrogens is 274 g/mol. The third-order valence-corrected chi connectivity index (χ3v) is 3.54. The summed E-state index contributed by atoms with van der Waals surface area (Å²) in [4.78, 5) is 4.04. The molecule has 3 rings (SSSR count). The second-order valence-electron chi connectivity index (χ2n) is 5.48. The lowest BCUT2D eigenvalue weighted by Crippen LogP contribution is -2.02. The lowest BCUT2D eigenvalue weighted by Gasteiger charge is -2.10. The van der Waals surface area contributed by atoms with Crippen molar-refractivity contribution in [1.29, 1.82) is 0 Å².